The molecule has 2 rings (SSSR count). The van der Waals surface area contributed by atoms with Crippen LogP contribution >= 0.6 is 27.3 Å². The average Bonchev–Trinajstić information content (AvgIpc) is 2.64. The largest absolute Gasteiger partial charge is 0.229 e. The third-order valence-electron chi connectivity index (χ3n) is 2.05. The van der Waals surface area contributed by atoms with Gasteiger partial charge in [-0.05, 0) is 28.1 Å². The Balaban J connectivity index is 2.40. The van der Waals surface area contributed by atoms with Gasteiger partial charge in [0.25, 0.3) is 0 Å². The monoisotopic (exact) mass is 317 g/mol. The van der Waals surface area contributed by atoms with Crippen molar-refractivity contribution in [2.45, 2.75) is 4.90 Å². The molecular weight excluding hydrogens is 310 g/mol. The van der Waals surface area contributed by atoms with E-state index in [4.69, 9.17) is 0 Å². The van der Waals surface area contributed by atoms with Crippen molar-refractivity contribution >= 4 is 37.1 Å². The van der Waals surface area contributed by atoms with E-state index in [1.807, 2.05) is 5.38 Å². The number of halogens is 1. The van der Waals surface area contributed by atoms with E-state index in [0.717, 1.165) is 15.2 Å². The molecule has 16 heavy (non-hydrogen) atoms. The van der Waals surface area contributed by atoms with Crippen LogP contribution in [-0.4, -0.2) is 19.7 Å². The summed E-state index contributed by atoms with van der Waals surface area (Å²) < 4.78 is 23.3. The first-order valence-corrected chi connectivity index (χ1v) is 7.95. The lowest BCUT2D eigenvalue weighted by atomic mass is 10.2. The maximum absolute atomic E-state index is 11.3. The summed E-state index contributed by atoms with van der Waals surface area (Å²) >= 11 is 4.78. The summed E-state index contributed by atoms with van der Waals surface area (Å²) in [6.45, 7) is 0. The third-order valence-corrected chi connectivity index (χ3v) is 4.55. The van der Waals surface area contributed by atoms with Gasteiger partial charge in [-0.1, -0.05) is 12.1 Å². The summed E-state index contributed by atoms with van der Waals surface area (Å²) in [6.07, 6.45) is 1.20. The van der Waals surface area contributed by atoms with Gasteiger partial charge in [0.2, 0.25) is 0 Å². The lowest BCUT2D eigenvalue weighted by Crippen LogP contribution is -1.96. The van der Waals surface area contributed by atoms with Gasteiger partial charge in [0.05, 0.1) is 10.6 Å². The van der Waals surface area contributed by atoms with Crippen LogP contribution in [0.1, 0.15) is 0 Å². The van der Waals surface area contributed by atoms with Crippen LogP contribution in [-0.2, 0) is 9.84 Å². The van der Waals surface area contributed by atoms with Crippen LogP contribution in [0.15, 0.2) is 38.5 Å². The highest BCUT2D eigenvalue weighted by Crippen LogP contribution is 2.25. The van der Waals surface area contributed by atoms with Crippen LogP contribution in [0.4, 0.5) is 0 Å². The minimum absolute atomic E-state index is 0.325. The van der Waals surface area contributed by atoms with Crippen LogP contribution in [0.2, 0.25) is 0 Å². The van der Waals surface area contributed by atoms with Gasteiger partial charge in [-0.3, -0.25) is 0 Å². The molecule has 0 bridgehead atoms. The van der Waals surface area contributed by atoms with Crippen LogP contribution in [0.5, 0.6) is 0 Å². The number of hydrogen-bond acceptors (Lipinski definition) is 4. The molecule has 1 heterocycles. The number of benzene rings is 1. The Morgan fingerprint density at radius 2 is 1.88 bits per heavy atom. The summed E-state index contributed by atoms with van der Waals surface area (Å²) in [5.41, 5.74) is 1.76. The van der Waals surface area contributed by atoms with Crippen molar-refractivity contribution in [3.63, 3.8) is 0 Å². The molecule has 6 heteroatoms. The van der Waals surface area contributed by atoms with Gasteiger partial charge >= 0.3 is 0 Å². The molecule has 0 aliphatic heterocycles. The third kappa shape index (κ3) is 2.50. The molecule has 0 atom stereocenters. The SMILES string of the molecule is CS(=O)(=O)c1ccc(-c2csc(Br)n2)cc1. The Morgan fingerprint density at radius 1 is 1.25 bits per heavy atom. The molecule has 3 nitrogen and oxygen atoms in total. The fourth-order valence-corrected chi connectivity index (χ4v) is 2.91. The highest BCUT2D eigenvalue weighted by Gasteiger charge is 2.08. The minimum atomic E-state index is -3.12. The molecule has 0 fully saturated rings. The van der Waals surface area contributed by atoms with Crippen molar-refractivity contribution in [3.05, 3.63) is 33.6 Å². The standard InChI is InChI=1S/C10H8BrNO2S2/c1-16(13,14)8-4-2-7(3-5-8)9-6-15-10(11)12-9/h2-6H,1H3. The molecule has 1 aromatic carbocycles. The zero-order chi connectivity index (χ0) is 11.8. The van der Waals surface area contributed by atoms with Gasteiger partial charge in [0.15, 0.2) is 13.8 Å². The summed E-state index contributed by atoms with van der Waals surface area (Å²) in [6, 6.07) is 6.71. The Labute approximate surface area is 106 Å². The van der Waals surface area contributed by atoms with Crippen molar-refractivity contribution in [2.24, 2.45) is 0 Å². The second-order valence-corrected chi connectivity index (χ2v) is 7.43. The Morgan fingerprint density at radius 3 is 2.31 bits per heavy atom. The van der Waals surface area contributed by atoms with Crippen LogP contribution in [0.25, 0.3) is 11.3 Å². The normalized spacial score (nSPS) is 11.6. The molecule has 0 spiro atoms. The van der Waals surface area contributed by atoms with Gasteiger partial charge in [0, 0.05) is 17.2 Å². The maximum atomic E-state index is 11.3. The second-order valence-electron chi connectivity index (χ2n) is 3.28. The summed E-state index contributed by atoms with van der Waals surface area (Å²) in [5, 5.41) is 1.92. The summed E-state index contributed by atoms with van der Waals surface area (Å²) in [4.78, 5) is 4.58. The lowest BCUT2D eigenvalue weighted by Gasteiger charge is -1.99. The van der Waals surface area contributed by atoms with E-state index in [-0.39, 0.29) is 0 Å². The molecule has 0 radical (unpaired) electrons. The molecule has 2 aromatic rings. The van der Waals surface area contributed by atoms with E-state index in [2.05, 4.69) is 20.9 Å². The number of hydrogen-bond donors (Lipinski definition) is 0. The van der Waals surface area contributed by atoms with E-state index in [0.29, 0.717) is 4.90 Å². The van der Waals surface area contributed by atoms with Gasteiger partial charge < -0.3 is 0 Å². The molecule has 0 aliphatic rings. The Bertz CT molecular complexity index is 602. The molecule has 0 N–H and O–H groups in total. The highest BCUT2D eigenvalue weighted by molar-refractivity contribution is 9.11. The fourth-order valence-electron chi connectivity index (χ4n) is 1.26. The fraction of sp³-hybridized carbons (Fsp3) is 0.100. The van der Waals surface area contributed by atoms with Crippen molar-refractivity contribution in [1.82, 2.24) is 4.98 Å². The van der Waals surface area contributed by atoms with Crippen molar-refractivity contribution in [3.8, 4) is 11.3 Å². The molecular formula is C10H8BrNO2S2. The molecule has 0 unspecified atom stereocenters. The number of thiazole rings is 1. The molecule has 1 aromatic heterocycles. The predicted molar refractivity (Wildman–Crippen MR) is 68.4 cm³/mol. The zero-order valence-corrected chi connectivity index (χ0v) is 11.6. The average molecular weight is 318 g/mol. The summed E-state index contributed by atoms with van der Waals surface area (Å²) in [7, 11) is -3.12. The van der Waals surface area contributed by atoms with E-state index < -0.39 is 9.84 Å². The van der Waals surface area contributed by atoms with Gasteiger partial charge in [0.1, 0.15) is 0 Å². The summed E-state index contributed by atoms with van der Waals surface area (Å²) in [5.74, 6) is 0. The first-order valence-electron chi connectivity index (χ1n) is 4.38. The number of aromatic nitrogens is 1. The quantitative estimate of drug-likeness (QED) is 0.855. The molecule has 0 saturated heterocycles. The molecule has 0 saturated carbocycles. The van der Waals surface area contributed by atoms with Crippen molar-refractivity contribution < 1.29 is 8.42 Å². The van der Waals surface area contributed by atoms with Crippen molar-refractivity contribution in [1.29, 1.82) is 0 Å². The highest BCUT2D eigenvalue weighted by atomic mass is 79.9. The second kappa shape index (κ2) is 4.27. The van der Waals surface area contributed by atoms with Crippen LogP contribution in [0.3, 0.4) is 0 Å². The smallest absolute Gasteiger partial charge is 0.175 e. The minimum Gasteiger partial charge on any atom is -0.229 e. The van der Waals surface area contributed by atoms with Crippen molar-refractivity contribution in [2.75, 3.05) is 6.26 Å². The van der Waals surface area contributed by atoms with E-state index >= 15 is 0 Å². The van der Waals surface area contributed by atoms with Gasteiger partial charge in [-0.2, -0.15) is 0 Å². The lowest BCUT2D eigenvalue weighted by molar-refractivity contribution is 0.602. The molecule has 0 aliphatic carbocycles. The van der Waals surface area contributed by atoms with E-state index in [9.17, 15) is 8.42 Å². The first kappa shape index (κ1) is 11.8. The predicted octanol–water partition coefficient (Wildman–Crippen LogP) is 2.98. The van der Waals surface area contributed by atoms with Gasteiger partial charge in [-0.25, -0.2) is 13.4 Å². The maximum Gasteiger partial charge on any atom is 0.175 e. The molecule has 0 amide bonds. The van der Waals surface area contributed by atoms with Gasteiger partial charge in [-0.15, -0.1) is 11.3 Å². The zero-order valence-electron chi connectivity index (χ0n) is 8.34. The molecule has 84 valence electrons. The Kier molecular flexibility index (Phi) is 3.14. The Hall–Kier alpha value is -0.720. The van der Waals surface area contributed by atoms with Crippen LogP contribution < -0.4 is 0 Å². The first-order chi connectivity index (χ1) is 7.47. The number of sulfone groups is 1. The van der Waals surface area contributed by atoms with E-state index in [1.165, 1.54) is 17.6 Å². The topological polar surface area (TPSA) is 47.0 Å². The number of nitrogens with zero attached hydrogens (tertiary/aromatic N) is 1. The van der Waals surface area contributed by atoms with Crippen LogP contribution in [0, 0.1) is 0 Å². The number of rotatable bonds is 2. The van der Waals surface area contributed by atoms with E-state index in [1.54, 1.807) is 24.3 Å².